The first-order chi connectivity index (χ1) is 15.4. The molecule has 0 radical (unpaired) electrons. The third kappa shape index (κ3) is 2.55. The number of hydrogen-bond acceptors (Lipinski definition) is 6. The number of fused-ring (bicyclic) bond motifs is 4. The van der Waals surface area contributed by atoms with Gasteiger partial charge in [-0.3, -0.25) is 19.1 Å². The number of hydrogen-bond donors (Lipinski definition) is 2. The summed E-state index contributed by atoms with van der Waals surface area (Å²) in [6, 6.07) is 4.79. The zero-order valence-electron chi connectivity index (χ0n) is 17.9. The van der Waals surface area contributed by atoms with E-state index in [-0.39, 0.29) is 5.56 Å². The zero-order valence-corrected chi connectivity index (χ0v) is 19.4. The molecule has 3 aromatic heterocycles. The highest BCUT2D eigenvalue weighted by Gasteiger charge is 2.47. The topological polar surface area (TPSA) is 96.7 Å². The second-order valence-electron chi connectivity index (χ2n) is 8.65. The van der Waals surface area contributed by atoms with Gasteiger partial charge >= 0.3 is 0 Å². The third-order valence-electron chi connectivity index (χ3n) is 7.05. The standard InChI is InChI=1S/C21H22Cl2N8O/c1-24-12-8-9-4-7-13(12)31(9)21-25-19-15(20(32)29(21)2)17(26-27-19)10-5-6-11-14(16(10)22)18(23)30(3)28-11/h5-6,9,12-13,24H,4,7-8H2,1-3H3,(H,26,27)/t9-,12+,13+/m0/s1. The second kappa shape index (κ2) is 6.94. The number of aryl methyl sites for hydroxylation is 1. The number of rotatable bonds is 3. The van der Waals surface area contributed by atoms with Gasteiger partial charge in [0.2, 0.25) is 5.95 Å². The first-order valence-corrected chi connectivity index (χ1v) is 11.4. The van der Waals surface area contributed by atoms with Crippen molar-refractivity contribution in [3.05, 3.63) is 32.7 Å². The molecule has 0 spiro atoms. The quantitative estimate of drug-likeness (QED) is 0.475. The third-order valence-corrected chi connectivity index (χ3v) is 7.87. The molecule has 2 bridgehead atoms. The van der Waals surface area contributed by atoms with Gasteiger partial charge in [0, 0.05) is 37.8 Å². The van der Waals surface area contributed by atoms with Crippen LogP contribution in [0.5, 0.6) is 0 Å². The van der Waals surface area contributed by atoms with E-state index in [9.17, 15) is 4.79 Å². The van der Waals surface area contributed by atoms with Gasteiger partial charge in [0.05, 0.1) is 21.6 Å². The molecule has 0 aliphatic carbocycles. The van der Waals surface area contributed by atoms with Crippen LogP contribution in [0.3, 0.4) is 0 Å². The van der Waals surface area contributed by atoms with Crippen molar-refractivity contribution in [1.29, 1.82) is 0 Å². The van der Waals surface area contributed by atoms with E-state index in [2.05, 4.69) is 25.5 Å². The number of likely N-dealkylation sites (N-methyl/N-ethyl adjacent to an activating group) is 1. The summed E-state index contributed by atoms with van der Waals surface area (Å²) in [5, 5.41) is 17.1. The fourth-order valence-electron chi connectivity index (χ4n) is 5.49. The normalized spacial score (nSPS) is 22.7. The monoisotopic (exact) mass is 472 g/mol. The van der Waals surface area contributed by atoms with Crippen molar-refractivity contribution in [1.82, 2.24) is 34.8 Å². The summed E-state index contributed by atoms with van der Waals surface area (Å²) in [6.07, 6.45) is 3.27. The van der Waals surface area contributed by atoms with Crippen LogP contribution in [-0.4, -0.2) is 54.7 Å². The van der Waals surface area contributed by atoms with E-state index < -0.39 is 0 Å². The Morgan fingerprint density at radius 1 is 1.19 bits per heavy atom. The lowest BCUT2D eigenvalue weighted by Gasteiger charge is -2.26. The average molecular weight is 473 g/mol. The predicted molar refractivity (Wildman–Crippen MR) is 126 cm³/mol. The van der Waals surface area contributed by atoms with E-state index in [0.717, 1.165) is 19.3 Å². The summed E-state index contributed by atoms with van der Waals surface area (Å²) >= 11 is 13.1. The van der Waals surface area contributed by atoms with Gasteiger partial charge in [0.25, 0.3) is 5.56 Å². The largest absolute Gasteiger partial charge is 0.335 e. The molecule has 2 aliphatic heterocycles. The van der Waals surface area contributed by atoms with Crippen molar-refractivity contribution >= 4 is 51.1 Å². The number of nitrogens with one attached hydrogen (secondary N) is 2. The average Bonchev–Trinajstić information content (AvgIpc) is 3.53. The van der Waals surface area contributed by atoms with Gasteiger partial charge in [-0.2, -0.15) is 15.2 Å². The van der Waals surface area contributed by atoms with Crippen molar-refractivity contribution in [2.75, 3.05) is 11.9 Å². The molecule has 2 N–H and O–H groups in total. The highest BCUT2D eigenvalue weighted by atomic mass is 35.5. The molecule has 5 heterocycles. The summed E-state index contributed by atoms with van der Waals surface area (Å²) in [5.41, 5.74) is 2.09. The van der Waals surface area contributed by atoms with Crippen LogP contribution in [-0.2, 0) is 14.1 Å². The van der Waals surface area contributed by atoms with E-state index in [1.54, 1.807) is 23.3 Å². The van der Waals surface area contributed by atoms with Crippen LogP contribution < -0.4 is 15.8 Å². The van der Waals surface area contributed by atoms with Gasteiger partial charge in [0.1, 0.15) is 10.5 Å². The highest BCUT2D eigenvalue weighted by molar-refractivity contribution is 6.43. The van der Waals surface area contributed by atoms with Gasteiger partial charge in [-0.1, -0.05) is 23.2 Å². The Bertz CT molecular complexity index is 1450. The van der Waals surface area contributed by atoms with E-state index >= 15 is 0 Å². The molecule has 0 unspecified atom stereocenters. The maximum atomic E-state index is 13.5. The van der Waals surface area contributed by atoms with Gasteiger partial charge in [-0.25, -0.2) is 0 Å². The van der Waals surface area contributed by atoms with Gasteiger partial charge in [-0.15, -0.1) is 0 Å². The summed E-state index contributed by atoms with van der Waals surface area (Å²) in [7, 11) is 5.53. The number of nitrogens with zero attached hydrogens (tertiary/aromatic N) is 6. The molecule has 6 rings (SSSR count). The first kappa shape index (κ1) is 20.0. The van der Waals surface area contributed by atoms with E-state index in [0.29, 0.717) is 67.4 Å². The highest BCUT2D eigenvalue weighted by Crippen LogP contribution is 2.41. The lowest BCUT2D eigenvalue weighted by molar-refractivity contribution is 0.445. The van der Waals surface area contributed by atoms with Crippen LogP contribution in [0.25, 0.3) is 33.2 Å². The maximum Gasteiger partial charge on any atom is 0.266 e. The van der Waals surface area contributed by atoms with E-state index in [4.69, 9.17) is 28.2 Å². The summed E-state index contributed by atoms with van der Waals surface area (Å²) in [5.74, 6) is 0.669. The maximum absolute atomic E-state index is 13.5. The minimum absolute atomic E-state index is 0.158. The molecule has 166 valence electrons. The molecule has 4 aromatic rings. The van der Waals surface area contributed by atoms with Crippen LogP contribution in [0.1, 0.15) is 19.3 Å². The zero-order chi connectivity index (χ0) is 22.3. The Kier molecular flexibility index (Phi) is 4.34. The molecule has 2 aliphatic rings. The van der Waals surface area contributed by atoms with Gasteiger partial charge in [0.15, 0.2) is 5.65 Å². The number of halogens is 2. The molecule has 3 atom stereocenters. The smallest absolute Gasteiger partial charge is 0.266 e. The number of H-pyrrole nitrogens is 1. The van der Waals surface area contributed by atoms with Crippen molar-refractivity contribution in [2.45, 2.75) is 37.4 Å². The molecule has 0 amide bonds. The molecule has 2 fully saturated rings. The van der Waals surface area contributed by atoms with Crippen LogP contribution in [0.4, 0.5) is 5.95 Å². The Morgan fingerprint density at radius 2 is 2.00 bits per heavy atom. The number of aromatic nitrogens is 6. The summed E-state index contributed by atoms with van der Waals surface area (Å²) < 4.78 is 3.21. The van der Waals surface area contributed by atoms with Crippen molar-refractivity contribution in [3.8, 4) is 11.3 Å². The van der Waals surface area contributed by atoms with Crippen LogP contribution in [0.15, 0.2) is 16.9 Å². The summed E-state index contributed by atoms with van der Waals surface area (Å²) in [6.45, 7) is 0. The molecule has 1 aromatic carbocycles. The fourth-order valence-corrected chi connectivity index (χ4v) is 6.11. The predicted octanol–water partition coefficient (Wildman–Crippen LogP) is 2.85. The summed E-state index contributed by atoms with van der Waals surface area (Å²) in [4.78, 5) is 20.6. The Hall–Kier alpha value is -2.62. The Morgan fingerprint density at radius 3 is 2.75 bits per heavy atom. The Labute approximate surface area is 193 Å². The van der Waals surface area contributed by atoms with Crippen LogP contribution in [0.2, 0.25) is 10.2 Å². The Balaban J connectivity index is 1.53. The van der Waals surface area contributed by atoms with Crippen molar-refractivity contribution in [2.24, 2.45) is 14.1 Å². The number of benzene rings is 1. The molecule has 0 saturated carbocycles. The first-order valence-electron chi connectivity index (χ1n) is 10.6. The molecule has 11 heteroatoms. The minimum atomic E-state index is -0.158. The number of aromatic amines is 1. The van der Waals surface area contributed by atoms with Crippen LogP contribution in [0, 0.1) is 0 Å². The fraction of sp³-hybridized carbons (Fsp3) is 0.429. The number of anilines is 1. The van der Waals surface area contributed by atoms with Gasteiger partial charge in [-0.05, 0) is 38.4 Å². The molecular formula is C21H22Cl2N8O. The SMILES string of the molecule is CN[C@@H]1C[C@@H]2CC[C@H]1N2c1nc2n[nH]c(-c3ccc4nn(C)c(Cl)c4c3Cl)c2c(=O)n1C. The van der Waals surface area contributed by atoms with E-state index in [1.165, 1.54) is 0 Å². The van der Waals surface area contributed by atoms with Crippen molar-refractivity contribution in [3.63, 3.8) is 0 Å². The second-order valence-corrected chi connectivity index (χ2v) is 9.38. The molecular weight excluding hydrogens is 451 g/mol. The lowest BCUT2D eigenvalue weighted by Crippen LogP contribution is -2.41. The van der Waals surface area contributed by atoms with Crippen LogP contribution >= 0.6 is 23.2 Å². The minimum Gasteiger partial charge on any atom is -0.335 e. The lowest BCUT2D eigenvalue weighted by atomic mass is 9.96. The van der Waals surface area contributed by atoms with Gasteiger partial charge < -0.3 is 10.2 Å². The molecule has 32 heavy (non-hydrogen) atoms. The van der Waals surface area contributed by atoms with E-state index in [1.807, 2.05) is 19.2 Å². The molecule has 9 nitrogen and oxygen atoms in total. The molecule has 2 saturated heterocycles. The van der Waals surface area contributed by atoms with Crippen molar-refractivity contribution < 1.29 is 0 Å².